The number of amides is 1. The largest absolute Gasteiger partial charge is 0.481 e. The molecule has 0 saturated heterocycles. The minimum absolute atomic E-state index is 0.00135. The lowest BCUT2D eigenvalue weighted by molar-refractivity contribution is -0.145. The third kappa shape index (κ3) is 5.31. The predicted octanol–water partition coefficient (Wildman–Crippen LogP) is 4.71. The Morgan fingerprint density at radius 2 is 1.81 bits per heavy atom. The maximum Gasteiger partial charge on any atom is 0.306 e. The molecule has 0 aromatic carbocycles. The van der Waals surface area contributed by atoms with Gasteiger partial charge in [-0.05, 0) is 77.3 Å². The number of nitrogens with one attached hydrogen (secondary N) is 1. The molecular formula is C29H40N4O4. The molecule has 1 amide bonds. The molecule has 5 rings (SSSR count). The Morgan fingerprint density at radius 3 is 2.41 bits per heavy atom. The number of carboxylic acid groups (broad SMARTS) is 1. The van der Waals surface area contributed by atoms with Gasteiger partial charge in [0.1, 0.15) is 5.60 Å². The Kier molecular flexibility index (Phi) is 6.67. The van der Waals surface area contributed by atoms with Crippen LogP contribution in [0.15, 0.2) is 12.1 Å². The zero-order chi connectivity index (χ0) is 26.5. The van der Waals surface area contributed by atoms with Gasteiger partial charge in [0.25, 0.3) is 5.91 Å². The first-order valence-corrected chi connectivity index (χ1v) is 13.8. The smallest absolute Gasteiger partial charge is 0.306 e. The van der Waals surface area contributed by atoms with Crippen molar-refractivity contribution in [2.45, 2.75) is 109 Å². The van der Waals surface area contributed by atoms with Crippen molar-refractivity contribution in [3.8, 4) is 11.4 Å². The number of carbonyl (C=O) groups excluding carboxylic acids is 1. The van der Waals surface area contributed by atoms with Crippen LogP contribution in [-0.4, -0.2) is 42.7 Å². The second-order valence-corrected chi connectivity index (χ2v) is 12.4. The van der Waals surface area contributed by atoms with E-state index in [0.717, 1.165) is 42.2 Å². The molecule has 0 atom stereocenters. The first kappa shape index (κ1) is 25.9. The molecule has 0 unspecified atom stereocenters. The van der Waals surface area contributed by atoms with Gasteiger partial charge in [-0.15, -0.1) is 0 Å². The van der Waals surface area contributed by atoms with Crippen LogP contribution >= 0.6 is 0 Å². The number of carboxylic acids is 1. The number of aliphatic hydroxyl groups is 1. The molecule has 3 fully saturated rings. The molecule has 8 nitrogen and oxygen atoms in total. The lowest BCUT2D eigenvalue weighted by Gasteiger charge is -2.32. The summed E-state index contributed by atoms with van der Waals surface area (Å²) in [4.78, 5) is 34.1. The highest BCUT2D eigenvalue weighted by atomic mass is 16.4. The summed E-state index contributed by atoms with van der Waals surface area (Å²) in [6.07, 6.45) is 9.17. The van der Waals surface area contributed by atoms with Crippen LogP contribution in [0.25, 0.3) is 11.4 Å². The molecule has 2 heterocycles. The Balaban J connectivity index is 1.52. The quantitative estimate of drug-likeness (QED) is 0.476. The van der Waals surface area contributed by atoms with Crippen molar-refractivity contribution >= 4 is 11.9 Å². The standard InChI is InChI=1S/C29H40N4O4/c1-17-21(25(34)30-20-12-19(13-20)26(35)36)14-23(33(17)16-18-8-6-5-7-9-18)22-15-24(29(4)10-11-29)32-27(31-22)28(2,3)37/h14-15,18-20,37H,5-13,16H2,1-4H3,(H,30,34)(H,35,36)/t19-,20-. The van der Waals surface area contributed by atoms with E-state index in [-0.39, 0.29) is 23.3 Å². The SMILES string of the molecule is Cc1c(C(=O)N[C@H]2C[C@H](C(=O)O)C2)cc(-c2cc(C3(C)CC3)nc(C(C)(C)O)n2)n1CC1CCCCC1. The van der Waals surface area contributed by atoms with E-state index in [1.807, 2.05) is 19.1 Å². The normalized spacial score (nSPS) is 23.4. The van der Waals surface area contributed by atoms with Gasteiger partial charge in [-0.3, -0.25) is 9.59 Å². The van der Waals surface area contributed by atoms with Crippen LogP contribution in [-0.2, 0) is 22.4 Å². The third-order valence-electron chi connectivity index (χ3n) is 8.75. The summed E-state index contributed by atoms with van der Waals surface area (Å²) in [5.41, 5.74) is 2.88. The van der Waals surface area contributed by atoms with E-state index in [4.69, 9.17) is 9.97 Å². The molecule has 200 valence electrons. The van der Waals surface area contributed by atoms with Gasteiger partial charge in [0, 0.05) is 23.7 Å². The molecule has 3 aliphatic carbocycles. The second kappa shape index (κ2) is 9.53. The van der Waals surface area contributed by atoms with Crippen LogP contribution in [0.3, 0.4) is 0 Å². The van der Waals surface area contributed by atoms with Crippen LogP contribution < -0.4 is 5.32 Å². The van der Waals surface area contributed by atoms with E-state index in [2.05, 4.69) is 16.8 Å². The molecule has 2 aromatic heterocycles. The monoisotopic (exact) mass is 508 g/mol. The van der Waals surface area contributed by atoms with E-state index < -0.39 is 11.6 Å². The molecule has 0 aliphatic heterocycles. The summed E-state index contributed by atoms with van der Waals surface area (Å²) >= 11 is 0. The number of hydrogen-bond donors (Lipinski definition) is 3. The zero-order valence-electron chi connectivity index (χ0n) is 22.5. The summed E-state index contributed by atoms with van der Waals surface area (Å²) in [6, 6.07) is 3.86. The Labute approximate surface area is 218 Å². The fourth-order valence-electron chi connectivity index (χ4n) is 5.76. The minimum Gasteiger partial charge on any atom is -0.481 e. The van der Waals surface area contributed by atoms with Gasteiger partial charge in [0.2, 0.25) is 0 Å². The molecule has 8 heteroatoms. The molecule has 3 saturated carbocycles. The van der Waals surface area contributed by atoms with Gasteiger partial charge in [-0.1, -0.05) is 26.2 Å². The number of rotatable bonds is 8. The zero-order valence-corrected chi connectivity index (χ0v) is 22.5. The molecule has 0 radical (unpaired) electrons. The van der Waals surface area contributed by atoms with E-state index in [9.17, 15) is 19.8 Å². The average Bonchev–Trinajstić information content (AvgIpc) is 3.50. The molecule has 2 aromatic rings. The van der Waals surface area contributed by atoms with Crippen molar-refractivity contribution in [3.63, 3.8) is 0 Å². The summed E-state index contributed by atoms with van der Waals surface area (Å²) in [5, 5.41) is 23.0. The highest BCUT2D eigenvalue weighted by molar-refractivity contribution is 5.97. The van der Waals surface area contributed by atoms with Gasteiger partial charge in [0.15, 0.2) is 5.82 Å². The van der Waals surface area contributed by atoms with E-state index in [0.29, 0.717) is 30.1 Å². The Morgan fingerprint density at radius 1 is 1.14 bits per heavy atom. The number of carbonyl (C=O) groups is 2. The van der Waals surface area contributed by atoms with Crippen molar-refractivity contribution in [1.29, 1.82) is 0 Å². The average molecular weight is 509 g/mol. The van der Waals surface area contributed by atoms with Crippen molar-refractivity contribution in [1.82, 2.24) is 19.9 Å². The predicted molar refractivity (Wildman–Crippen MR) is 140 cm³/mol. The number of aromatic nitrogens is 3. The van der Waals surface area contributed by atoms with Crippen molar-refractivity contribution in [2.75, 3.05) is 0 Å². The van der Waals surface area contributed by atoms with Gasteiger partial charge in [-0.2, -0.15) is 0 Å². The van der Waals surface area contributed by atoms with Crippen LogP contribution in [0.4, 0.5) is 0 Å². The fourth-order valence-corrected chi connectivity index (χ4v) is 5.76. The van der Waals surface area contributed by atoms with Crippen LogP contribution in [0.5, 0.6) is 0 Å². The maximum absolute atomic E-state index is 13.4. The Bertz CT molecular complexity index is 1170. The van der Waals surface area contributed by atoms with E-state index in [1.54, 1.807) is 13.8 Å². The number of nitrogens with zero attached hydrogens (tertiary/aromatic N) is 3. The lowest BCUT2D eigenvalue weighted by Crippen LogP contribution is -2.46. The summed E-state index contributed by atoms with van der Waals surface area (Å²) < 4.78 is 2.24. The molecular weight excluding hydrogens is 468 g/mol. The van der Waals surface area contributed by atoms with Crippen LogP contribution in [0, 0.1) is 18.8 Å². The lowest BCUT2D eigenvalue weighted by atomic mass is 9.80. The molecule has 0 bridgehead atoms. The van der Waals surface area contributed by atoms with Gasteiger partial charge < -0.3 is 20.1 Å². The first-order valence-electron chi connectivity index (χ1n) is 13.8. The molecule has 3 aliphatic rings. The van der Waals surface area contributed by atoms with E-state index in [1.165, 1.54) is 32.1 Å². The van der Waals surface area contributed by atoms with Crippen molar-refractivity contribution in [3.05, 3.63) is 34.9 Å². The maximum atomic E-state index is 13.4. The summed E-state index contributed by atoms with van der Waals surface area (Å²) in [6.45, 7) is 8.43. The number of aliphatic carboxylic acids is 1. The first-order chi connectivity index (χ1) is 17.4. The van der Waals surface area contributed by atoms with Crippen molar-refractivity contribution < 1.29 is 19.8 Å². The van der Waals surface area contributed by atoms with Gasteiger partial charge in [-0.25, -0.2) is 9.97 Å². The summed E-state index contributed by atoms with van der Waals surface area (Å²) in [5.74, 6) is -0.388. The molecule has 37 heavy (non-hydrogen) atoms. The topological polar surface area (TPSA) is 117 Å². The highest BCUT2D eigenvalue weighted by Crippen LogP contribution is 2.47. The second-order valence-electron chi connectivity index (χ2n) is 12.4. The Hall–Kier alpha value is -2.74. The molecule has 3 N–H and O–H groups in total. The van der Waals surface area contributed by atoms with E-state index >= 15 is 0 Å². The fraction of sp³-hybridized carbons (Fsp3) is 0.655. The van der Waals surface area contributed by atoms with Crippen LogP contribution in [0.1, 0.15) is 106 Å². The van der Waals surface area contributed by atoms with Gasteiger partial charge >= 0.3 is 5.97 Å². The van der Waals surface area contributed by atoms with Crippen molar-refractivity contribution in [2.24, 2.45) is 11.8 Å². The molecule has 0 spiro atoms. The summed E-state index contributed by atoms with van der Waals surface area (Å²) in [7, 11) is 0. The highest BCUT2D eigenvalue weighted by Gasteiger charge is 2.42. The third-order valence-corrected chi connectivity index (χ3v) is 8.75. The van der Waals surface area contributed by atoms with Crippen LogP contribution in [0.2, 0.25) is 0 Å². The van der Waals surface area contributed by atoms with Gasteiger partial charge in [0.05, 0.1) is 28.6 Å². The minimum atomic E-state index is -1.18. The number of hydrogen-bond acceptors (Lipinski definition) is 5.